The Balaban J connectivity index is 2.40. The standard InChI is InChI=1S/C9H17NO3/c1-7-2-4-10(5-3-7)9(13)8(12)6-11/h7-8,11-12H,2-6H2,1H3. The molecule has 13 heavy (non-hydrogen) atoms. The Bertz CT molecular complexity index is 176. The van der Waals surface area contributed by atoms with E-state index in [9.17, 15) is 4.79 Å². The summed E-state index contributed by atoms with van der Waals surface area (Å²) in [7, 11) is 0. The van der Waals surface area contributed by atoms with Gasteiger partial charge in [0.2, 0.25) is 0 Å². The lowest BCUT2D eigenvalue weighted by molar-refractivity contribution is -0.143. The maximum atomic E-state index is 11.4. The molecule has 1 aliphatic heterocycles. The van der Waals surface area contributed by atoms with E-state index in [0.29, 0.717) is 19.0 Å². The average molecular weight is 187 g/mol. The van der Waals surface area contributed by atoms with Crippen LogP contribution in [0.1, 0.15) is 19.8 Å². The highest BCUT2D eigenvalue weighted by atomic mass is 16.3. The largest absolute Gasteiger partial charge is 0.393 e. The lowest BCUT2D eigenvalue weighted by atomic mass is 9.99. The predicted octanol–water partition coefficient (Wildman–Crippen LogP) is -0.402. The molecule has 1 rings (SSSR count). The van der Waals surface area contributed by atoms with Crippen LogP contribution in [-0.4, -0.2) is 46.8 Å². The van der Waals surface area contributed by atoms with E-state index in [1.807, 2.05) is 0 Å². The zero-order valence-electron chi connectivity index (χ0n) is 7.94. The summed E-state index contributed by atoms with van der Waals surface area (Å²) in [5, 5.41) is 17.7. The molecule has 4 heteroatoms. The first kappa shape index (κ1) is 10.5. The molecule has 0 aromatic heterocycles. The zero-order valence-corrected chi connectivity index (χ0v) is 7.94. The van der Waals surface area contributed by atoms with Crippen molar-refractivity contribution in [2.24, 2.45) is 5.92 Å². The van der Waals surface area contributed by atoms with Gasteiger partial charge in [-0.05, 0) is 18.8 Å². The third kappa shape index (κ3) is 2.67. The van der Waals surface area contributed by atoms with E-state index in [2.05, 4.69) is 6.92 Å². The van der Waals surface area contributed by atoms with Crippen LogP contribution in [-0.2, 0) is 4.79 Å². The van der Waals surface area contributed by atoms with Gasteiger partial charge in [-0.1, -0.05) is 6.92 Å². The summed E-state index contributed by atoms with van der Waals surface area (Å²) in [5.41, 5.74) is 0. The molecule has 1 fully saturated rings. The molecule has 1 amide bonds. The highest BCUT2D eigenvalue weighted by molar-refractivity contribution is 5.80. The minimum atomic E-state index is -1.23. The Hall–Kier alpha value is -0.610. The number of hydrogen-bond donors (Lipinski definition) is 2. The van der Waals surface area contributed by atoms with Crippen molar-refractivity contribution in [3.63, 3.8) is 0 Å². The molecule has 76 valence electrons. The summed E-state index contributed by atoms with van der Waals surface area (Å²) in [6.07, 6.45) is 0.752. The second kappa shape index (κ2) is 4.58. The van der Waals surface area contributed by atoms with Crippen LogP contribution in [0.3, 0.4) is 0 Å². The van der Waals surface area contributed by atoms with Crippen molar-refractivity contribution in [1.82, 2.24) is 4.90 Å². The van der Waals surface area contributed by atoms with Crippen molar-refractivity contribution < 1.29 is 15.0 Å². The van der Waals surface area contributed by atoms with Gasteiger partial charge in [0.1, 0.15) is 0 Å². The molecule has 2 N–H and O–H groups in total. The number of likely N-dealkylation sites (tertiary alicyclic amines) is 1. The van der Waals surface area contributed by atoms with Crippen molar-refractivity contribution in [3.8, 4) is 0 Å². The molecule has 1 unspecified atom stereocenters. The van der Waals surface area contributed by atoms with Crippen LogP contribution in [0.25, 0.3) is 0 Å². The summed E-state index contributed by atoms with van der Waals surface area (Å²) >= 11 is 0. The van der Waals surface area contributed by atoms with Crippen LogP contribution in [0.5, 0.6) is 0 Å². The van der Waals surface area contributed by atoms with E-state index in [1.54, 1.807) is 4.90 Å². The third-order valence-corrected chi connectivity index (χ3v) is 2.55. The third-order valence-electron chi connectivity index (χ3n) is 2.55. The number of amides is 1. The fraction of sp³-hybridized carbons (Fsp3) is 0.889. The Kier molecular flexibility index (Phi) is 3.69. The second-order valence-electron chi connectivity index (χ2n) is 3.71. The smallest absolute Gasteiger partial charge is 0.253 e. The molecule has 4 nitrogen and oxygen atoms in total. The summed E-state index contributed by atoms with van der Waals surface area (Å²) in [4.78, 5) is 13.0. The summed E-state index contributed by atoms with van der Waals surface area (Å²) in [5.74, 6) is 0.324. The highest BCUT2D eigenvalue weighted by Crippen LogP contribution is 2.16. The van der Waals surface area contributed by atoms with Crippen LogP contribution in [0.15, 0.2) is 0 Å². The Morgan fingerprint density at radius 2 is 2.08 bits per heavy atom. The Morgan fingerprint density at radius 3 is 2.54 bits per heavy atom. The van der Waals surface area contributed by atoms with Gasteiger partial charge < -0.3 is 15.1 Å². The van der Waals surface area contributed by atoms with Crippen LogP contribution < -0.4 is 0 Å². The van der Waals surface area contributed by atoms with E-state index in [0.717, 1.165) is 12.8 Å². The number of hydrogen-bond acceptors (Lipinski definition) is 3. The molecular weight excluding hydrogens is 170 g/mol. The van der Waals surface area contributed by atoms with E-state index >= 15 is 0 Å². The highest BCUT2D eigenvalue weighted by Gasteiger charge is 2.24. The Morgan fingerprint density at radius 1 is 1.54 bits per heavy atom. The molecule has 1 atom stereocenters. The van der Waals surface area contributed by atoms with Crippen LogP contribution >= 0.6 is 0 Å². The molecule has 1 saturated heterocycles. The average Bonchev–Trinajstić information content (AvgIpc) is 2.17. The maximum Gasteiger partial charge on any atom is 0.253 e. The fourth-order valence-electron chi connectivity index (χ4n) is 1.52. The van der Waals surface area contributed by atoms with Gasteiger partial charge in [-0.25, -0.2) is 0 Å². The molecule has 0 saturated carbocycles. The molecule has 0 aliphatic carbocycles. The van der Waals surface area contributed by atoms with Crippen molar-refractivity contribution in [2.75, 3.05) is 19.7 Å². The molecule has 0 bridgehead atoms. The predicted molar refractivity (Wildman–Crippen MR) is 48.1 cm³/mol. The van der Waals surface area contributed by atoms with Gasteiger partial charge in [-0.15, -0.1) is 0 Å². The molecule has 0 aromatic rings. The number of nitrogens with zero attached hydrogens (tertiary/aromatic N) is 1. The van der Waals surface area contributed by atoms with Crippen molar-refractivity contribution in [1.29, 1.82) is 0 Å². The second-order valence-corrected chi connectivity index (χ2v) is 3.71. The normalized spacial score (nSPS) is 21.6. The maximum absolute atomic E-state index is 11.4. The lowest BCUT2D eigenvalue weighted by Crippen LogP contribution is -2.44. The number of carbonyl (C=O) groups excluding carboxylic acids is 1. The zero-order chi connectivity index (χ0) is 9.84. The van der Waals surface area contributed by atoms with Crippen LogP contribution in [0.4, 0.5) is 0 Å². The molecule has 0 spiro atoms. The monoisotopic (exact) mass is 187 g/mol. The van der Waals surface area contributed by atoms with Crippen molar-refractivity contribution in [3.05, 3.63) is 0 Å². The van der Waals surface area contributed by atoms with Crippen LogP contribution in [0, 0.1) is 5.92 Å². The Labute approximate surface area is 78.2 Å². The summed E-state index contributed by atoms with van der Waals surface area (Å²) in [6, 6.07) is 0. The molecule has 1 aliphatic rings. The molecule has 0 aromatic carbocycles. The van der Waals surface area contributed by atoms with E-state index in [1.165, 1.54) is 0 Å². The van der Waals surface area contributed by atoms with Crippen molar-refractivity contribution >= 4 is 5.91 Å². The molecule has 0 radical (unpaired) electrons. The van der Waals surface area contributed by atoms with Crippen molar-refractivity contribution in [2.45, 2.75) is 25.9 Å². The van der Waals surface area contributed by atoms with Gasteiger partial charge in [0.25, 0.3) is 5.91 Å². The van der Waals surface area contributed by atoms with Gasteiger partial charge in [0.15, 0.2) is 6.10 Å². The minimum Gasteiger partial charge on any atom is -0.393 e. The van der Waals surface area contributed by atoms with Gasteiger partial charge in [-0.3, -0.25) is 4.79 Å². The first-order valence-electron chi connectivity index (χ1n) is 4.73. The van der Waals surface area contributed by atoms with Gasteiger partial charge in [0.05, 0.1) is 6.61 Å². The van der Waals surface area contributed by atoms with Gasteiger partial charge in [-0.2, -0.15) is 0 Å². The van der Waals surface area contributed by atoms with E-state index in [4.69, 9.17) is 10.2 Å². The van der Waals surface area contributed by atoms with E-state index < -0.39 is 12.7 Å². The quantitative estimate of drug-likeness (QED) is 0.618. The van der Waals surface area contributed by atoms with Gasteiger partial charge >= 0.3 is 0 Å². The number of rotatable bonds is 2. The molecular formula is C9H17NO3. The topological polar surface area (TPSA) is 60.8 Å². The van der Waals surface area contributed by atoms with Crippen LogP contribution in [0.2, 0.25) is 0 Å². The minimum absolute atomic E-state index is 0.339. The van der Waals surface area contributed by atoms with Gasteiger partial charge in [0, 0.05) is 13.1 Å². The van der Waals surface area contributed by atoms with E-state index in [-0.39, 0.29) is 5.91 Å². The fourth-order valence-corrected chi connectivity index (χ4v) is 1.52. The molecule has 1 heterocycles. The number of aliphatic hydroxyl groups is 2. The lowest BCUT2D eigenvalue weighted by Gasteiger charge is -2.31. The summed E-state index contributed by atoms with van der Waals surface area (Å²) < 4.78 is 0. The number of carbonyl (C=O) groups is 1. The summed E-state index contributed by atoms with van der Waals surface area (Å²) in [6.45, 7) is 3.09. The number of aliphatic hydroxyl groups excluding tert-OH is 2. The SMILES string of the molecule is CC1CCN(C(=O)C(O)CO)CC1. The number of piperidine rings is 1. The first-order valence-corrected chi connectivity index (χ1v) is 4.73. The first-order chi connectivity index (χ1) is 6.15.